The average Bonchev–Trinajstić information content (AvgIpc) is 2.27. The van der Waals surface area contributed by atoms with Gasteiger partial charge in [0.2, 0.25) is 5.91 Å². The number of amides is 1. The molecule has 1 rings (SSSR count). The molecule has 1 fully saturated rings. The molecule has 0 spiro atoms. The third kappa shape index (κ3) is 3.94. The van der Waals surface area contributed by atoms with E-state index in [9.17, 15) is 4.79 Å². The predicted molar refractivity (Wildman–Crippen MR) is 69.5 cm³/mol. The summed E-state index contributed by atoms with van der Waals surface area (Å²) < 4.78 is 0. The summed E-state index contributed by atoms with van der Waals surface area (Å²) >= 11 is 0. The summed E-state index contributed by atoms with van der Waals surface area (Å²) in [5.74, 6) is -0.316. The molecule has 1 heterocycles. The smallest absolute Gasteiger partial charge is 0.224 e. The van der Waals surface area contributed by atoms with Crippen molar-refractivity contribution < 1.29 is 4.79 Å². The van der Waals surface area contributed by atoms with Gasteiger partial charge in [-0.05, 0) is 33.9 Å². The minimum atomic E-state index is -0.618. The van der Waals surface area contributed by atoms with Gasteiger partial charge in [0.1, 0.15) is 0 Å². The molecular weight excluding hydrogens is 216 g/mol. The molecular formula is C12H26N4O. The molecule has 0 aromatic heterocycles. The van der Waals surface area contributed by atoms with E-state index >= 15 is 0 Å². The third-order valence-electron chi connectivity index (χ3n) is 3.91. The van der Waals surface area contributed by atoms with Crippen LogP contribution in [0.2, 0.25) is 0 Å². The van der Waals surface area contributed by atoms with Gasteiger partial charge < -0.3 is 21.3 Å². The lowest BCUT2D eigenvalue weighted by Crippen LogP contribution is -2.50. The molecule has 0 bridgehead atoms. The summed E-state index contributed by atoms with van der Waals surface area (Å²) in [6, 6.07) is -0.167. The van der Waals surface area contributed by atoms with Crippen molar-refractivity contribution in [3.05, 3.63) is 0 Å². The summed E-state index contributed by atoms with van der Waals surface area (Å²) in [7, 11) is 2.14. The zero-order chi connectivity index (χ0) is 13.1. The number of carbonyl (C=O) groups is 1. The number of likely N-dealkylation sites (N-methyl/N-ethyl adjacent to an activating group) is 1. The van der Waals surface area contributed by atoms with Gasteiger partial charge in [-0.15, -0.1) is 0 Å². The van der Waals surface area contributed by atoms with Gasteiger partial charge in [-0.1, -0.05) is 0 Å². The standard InChI is InChI=1S/C12H26N4O/c1-12(2,11(14)17)10(13)4-5-16-8-6-15(3)7-9-16/h10H,4-9,13H2,1-3H3,(H2,14,17). The Hall–Kier alpha value is -0.650. The Bertz CT molecular complexity index is 259. The molecule has 0 aliphatic carbocycles. The average molecular weight is 242 g/mol. The molecule has 1 aliphatic rings. The quantitative estimate of drug-likeness (QED) is 0.679. The molecule has 1 atom stereocenters. The van der Waals surface area contributed by atoms with Crippen LogP contribution in [0.5, 0.6) is 0 Å². The maximum absolute atomic E-state index is 11.3. The van der Waals surface area contributed by atoms with Crippen LogP contribution >= 0.6 is 0 Å². The second kappa shape index (κ2) is 5.80. The lowest BCUT2D eigenvalue weighted by Gasteiger charge is -2.34. The number of hydrogen-bond acceptors (Lipinski definition) is 4. The van der Waals surface area contributed by atoms with Crippen molar-refractivity contribution in [2.24, 2.45) is 16.9 Å². The second-order valence-corrected chi connectivity index (χ2v) is 5.63. The van der Waals surface area contributed by atoms with Gasteiger partial charge in [0, 0.05) is 32.2 Å². The third-order valence-corrected chi connectivity index (χ3v) is 3.91. The monoisotopic (exact) mass is 242 g/mol. The fourth-order valence-electron chi connectivity index (χ4n) is 1.94. The molecule has 0 aromatic rings. The van der Waals surface area contributed by atoms with Crippen molar-refractivity contribution in [1.29, 1.82) is 0 Å². The van der Waals surface area contributed by atoms with E-state index < -0.39 is 5.41 Å². The van der Waals surface area contributed by atoms with Crippen LogP contribution in [0.15, 0.2) is 0 Å². The Balaban J connectivity index is 2.33. The first-order valence-corrected chi connectivity index (χ1v) is 6.30. The first-order chi connectivity index (χ1) is 7.84. The first-order valence-electron chi connectivity index (χ1n) is 6.30. The number of carbonyl (C=O) groups excluding carboxylic acids is 1. The van der Waals surface area contributed by atoms with Crippen molar-refractivity contribution in [2.75, 3.05) is 39.8 Å². The van der Waals surface area contributed by atoms with Gasteiger partial charge >= 0.3 is 0 Å². The Morgan fingerprint density at radius 3 is 2.29 bits per heavy atom. The van der Waals surface area contributed by atoms with Crippen LogP contribution in [0.3, 0.4) is 0 Å². The van der Waals surface area contributed by atoms with E-state index in [1.54, 1.807) is 0 Å². The largest absolute Gasteiger partial charge is 0.369 e. The predicted octanol–water partition coefficient (Wildman–Crippen LogP) is -0.537. The van der Waals surface area contributed by atoms with Gasteiger partial charge in [0.15, 0.2) is 0 Å². The minimum absolute atomic E-state index is 0.167. The maximum atomic E-state index is 11.3. The Kier molecular flexibility index (Phi) is 4.91. The molecule has 1 saturated heterocycles. The Labute approximate surface area is 104 Å². The van der Waals surface area contributed by atoms with Gasteiger partial charge in [-0.25, -0.2) is 0 Å². The van der Waals surface area contributed by atoms with E-state index in [4.69, 9.17) is 11.5 Å². The molecule has 100 valence electrons. The summed E-state index contributed by atoms with van der Waals surface area (Å²) in [4.78, 5) is 16.0. The normalized spacial score (nSPS) is 21.4. The number of nitrogens with zero attached hydrogens (tertiary/aromatic N) is 2. The molecule has 0 saturated carbocycles. The van der Waals surface area contributed by atoms with Crippen LogP contribution in [0, 0.1) is 5.41 Å². The highest BCUT2D eigenvalue weighted by molar-refractivity contribution is 5.80. The molecule has 5 nitrogen and oxygen atoms in total. The second-order valence-electron chi connectivity index (χ2n) is 5.63. The molecule has 0 aromatic carbocycles. The van der Waals surface area contributed by atoms with E-state index in [1.165, 1.54) is 0 Å². The molecule has 1 amide bonds. The molecule has 4 N–H and O–H groups in total. The van der Waals surface area contributed by atoms with E-state index in [0.29, 0.717) is 0 Å². The van der Waals surface area contributed by atoms with Crippen LogP contribution in [0.25, 0.3) is 0 Å². The van der Waals surface area contributed by atoms with E-state index in [2.05, 4.69) is 16.8 Å². The number of primary amides is 1. The number of rotatable bonds is 5. The van der Waals surface area contributed by atoms with E-state index in [1.807, 2.05) is 13.8 Å². The number of hydrogen-bond donors (Lipinski definition) is 2. The zero-order valence-corrected chi connectivity index (χ0v) is 11.3. The molecule has 5 heteroatoms. The fraction of sp³-hybridized carbons (Fsp3) is 0.917. The highest BCUT2D eigenvalue weighted by Gasteiger charge is 2.32. The highest BCUT2D eigenvalue weighted by atomic mass is 16.1. The van der Waals surface area contributed by atoms with Gasteiger partial charge in [0.05, 0.1) is 5.41 Å². The van der Waals surface area contributed by atoms with Gasteiger partial charge in [-0.3, -0.25) is 4.79 Å². The van der Waals surface area contributed by atoms with Crippen LogP contribution in [0.4, 0.5) is 0 Å². The molecule has 17 heavy (non-hydrogen) atoms. The summed E-state index contributed by atoms with van der Waals surface area (Å²) in [6.07, 6.45) is 0.819. The van der Waals surface area contributed by atoms with Crippen LogP contribution in [0.1, 0.15) is 20.3 Å². The first kappa shape index (κ1) is 14.4. The lowest BCUT2D eigenvalue weighted by molar-refractivity contribution is -0.127. The van der Waals surface area contributed by atoms with Crippen molar-refractivity contribution >= 4 is 5.91 Å². The van der Waals surface area contributed by atoms with Crippen LogP contribution in [-0.4, -0.2) is 61.5 Å². The Morgan fingerprint density at radius 1 is 1.29 bits per heavy atom. The molecule has 1 aliphatic heterocycles. The van der Waals surface area contributed by atoms with Crippen molar-refractivity contribution in [1.82, 2.24) is 9.80 Å². The Morgan fingerprint density at radius 2 is 1.82 bits per heavy atom. The maximum Gasteiger partial charge on any atom is 0.224 e. The van der Waals surface area contributed by atoms with Crippen molar-refractivity contribution in [2.45, 2.75) is 26.3 Å². The number of piperazine rings is 1. The van der Waals surface area contributed by atoms with E-state index in [-0.39, 0.29) is 11.9 Å². The van der Waals surface area contributed by atoms with Crippen LogP contribution in [-0.2, 0) is 4.79 Å². The zero-order valence-electron chi connectivity index (χ0n) is 11.3. The minimum Gasteiger partial charge on any atom is -0.369 e. The molecule has 0 radical (unpaired) electrons. The topological polar surface area (TPSA) is 75.6 Å². The van der Waals surface area contributed by atoms with Crippen molar-refractivity contribution in [3.63, 3.8) is 0 Å². The number of nitrogens with two attached hydrogens (primary N) is 2. The molecule has 1 unspecified atom stereocenters. The summed E-state index contributed by atoms with van der Waals surface area (Å²) in [6.45, 7) is 8.98. The van der Waals surface area contributed by atoms with Crippen LogP contribution < -0.4 is 11.5 Å². The van der Waals surface area contributed by atoms with Gasteiger partial charge in [0.25, 0.3) is 0 Å². The highest BCUT2D eigenvalue weighted by Crippen LogP contribution is 2.21. The van der Waals surface area contributed by atoms with Gasteiger partial charge in [-0.2, -0.15) is 0 Å². The SMILES string of the molecule is CN1CCN(CCC(N)C(C)(C)C(N)=O)CC1. The fourth-order valence-corrected chi connectivity index (χ4v) is 1.94. The van der Waals surface area contributed by atoms with E-state index in [0.717, 1.165) is 39.1 Å². The lowest BCUT2D eigenvalue weighted by atomic mass is 9.82. The summed E-state index contributed by atoms with van der Waals surface area (Å²) in [5.41, 5.74) is 10.8. The van der Waals surface area contributed by atoms with Crippen molar-refractivity contribution in [3.8, 4) is 0 Å². The summed E-state index contributed by atoms with van der Waals surface area (Å²) in [5, 5.41) is 0.